The van der Waals surface area contributed by atoms with Crippen molar-refractivity contribution in [2.24, 2.45) is 0 Å². The van der Waals surface area contributed by atoms with Crippen LogP contribution in [0.15, 0.2) is 79.3 Å². The molecule has 0 atom stereocenters. The van der Waals surface area contributed by atoms with Gasteiger partial charge in [-0.1, -0.05) is 23.7 Å². The first kappa shape index (κ1) is 21.9. The van der Waals surface area contributed by atoms with Gasteiger partial charge < -0.3 is 15.4 Å². The largest absolute Gasteiger partial charge is 0.457 e. The highest BCUT2D eigenvalue weighted by Crippen LogP contribution is 2.24. The monoisotopic (exact) mass is 459 g/mol. The Morgan fingerprint density at radius 2 is 1.55 bits per heavy atom. The number of hydrogen-bond donors (Lipinski definition) is 2. The number of rotatable bonds is 6. The summed E-state index contributed by atoms with van der Waals surface area (Å²) in [4.78, 5) is 36.7. The van der Waals surface area contributed by atoms with Crippen molar-refractivity contribution in [1.29, 1.82) is 0 Å². The maximum absolute atomic E-state index is 12.7. The average Bonchev–Trinajstić information content (AvgIpc) is 2.85. The molecular weight excluding hydrogens is 442 g/mol. The fourth-order valence-electron chi connectivity index (χ4n) is 2.92. The first-order chi connectivity index (χ1) is 16.0. The van der Waals surface area contributed by atoms with Crippen LogP contribution in [-0.4, -0.2) is 33.8 Å². The molecule has 2 aromatic carbocycles. The van der Waals surface area contributed by atoms with Crippen LogP contribution in [0.1, 0.15) is 21.0 Å². The van der Waals surface area contributed by atoms with Gasteiger partial charge in [-0.25, -0.2) is 9.97 Å². The number of pyridine rings is 1. The van der Waals surface area contributed by atoms with Gasteiger partial charge in [0.25, 0.3) is 11.8 Å². The summed E-state index contributed by atoms with van der Waals surface area (Å²) >= 11 is 5.93. The summed E-state index contributed by atoms with van der Waals surface area (Å²) in [6.45, 7) is 0. The van der Waals surface area contributed by atoms with Crippen molar-refractivity contribution in [3.8, 4) is 22.8 Å². The second-order valence-corrected chi connectivity index (χ2v) is 7.27. The fourth-order valence-corrected chi connectivity index (χ4v) is 3.05. The molecule has 0 aliphatic heterocycles. The SMILES string of the molecule is CNC(=O)c1cc(Oc2ccc(NC(=O)c3cc(-c4ccc(Cl)cc4)ncn3)cc2)ccn1. The lowest BCUT2D eigenvalue weighted by Crippen LogP contribution is -2.18. The molecule has 2 N–H and O–H groups in total. The predicted octanol–water partition coefficient (Wildman–Crippen LogP) is 4.60. The molecule has 0 saturated carbocycles. The molecule has 0 saturated heterocycles. The van der Waals surface area contributed by atoms with Gasteiger partial charge in [-0.2, -0.15) is 0 Å². The van der Waals surface area contributed by atoms with E-state index in [9.17, 15) is 9.59 Å². The Kier molecular flexibility index (Phi) is 6.56. The van der Waals surface area contributed by atoms with Gasteiger partial charge in [0.15, 0.2) is 0 Å². The summed E-state index contributed by atoms with van der Waals surface area (Å²) in [5.74, 6) is 0.332. The maximum atomic E-state index is 12.7. The van der Waals surface area contributed by atoms with Crippen molar-refractivity contribution in [3.63, 3.8) is 0 Å². The highest BCUT2D eigenvalue weighted by Gasteiger charge is 2.11. The van der Waals surface area contributed by atoms with Crippen molar-refractivity contribution < 1.29 is 14.3 Å². The van der Waals surface area contributed by atoms with E-state index in [1.165, 1.54) is 19.6 Å². The Morgan fingerprint density at radius 1 is 0.818 bits per heavy atom. The van der Waals surface area contributed by atoms with Crippen molar-refractivity contribution in [3.05, 3.63) is 95.7 Å². The zero-order chi connectivity index (χ0) is 23.2. The number of ether oxygens (including phenoxy) is 1. The van der Waals surface area contributed by atoms with E-state index < -0.39 is 0 Å². The molecule has 0 aliphatic rings. The number of benzene rings is 2. The molecule has 9 heteroatoms. The molecule has 4 aromatic rings. The van der Waals surface area contributed by atoms with Gasteiger partial charge >= 0.3 is 0 Å². The topological polar surface area (TPSA) is 106 Å². The van der Waals surface area contributed by atoms with Gasteiger partial charge in [0.1, 0.15) is 29.2 Å². The van der Waals surface area contributed by atoms with E-state index in [0.717, 1.165) is 5.56 Å². The minimum Gasteiger partial charge on any atom is -0.457 e. The van der Waals surface area contributed by atoms with Gasteiger partial charge in [-0.3, -0.25) is 14.6 Å². The van der Waals surface area contributed by atoms with E-state index in [0.29, 0.717) is 27.9 Å². The summed E-state index contributed by atoms with van der Waals surface area (Å²) in [6, 6.07) is 18.8. The fraction of sp³-hybridized carbons (Fsp3) is 0.0417. The van der Waals surface area contributed by atoms with Crippen LogP contribution in [0.5, 0.6) is 11.5 Å². The molecular formula is C24H18ClN5O3. The van der Waals surface area contributed by atoms with Gasteiger partial charge in [-0.15, -0.1) is 0 Å². The van der Waals surface area contributed by atoms with E-state index in [1.54, 1.807) is 54.6 Å². The highest BCUT2D eigenvalue weighted by atomic mass is 35.5. The zero-order valence-electron chi connectivity index (χ0n) is 17.4. The number of anilines is 1. The van der Waals surface area contributed by atoms with Crippen LogP contribution < -0.4 is 15.4 Å². The third kappa shape index (κ3) is 5.50. The number of nitrogens with zero attached hydrogens (tertiary/aromatic N) is 3. The third-order valence-corrected chi connectivity index (χ3v) is 4.83. The number of nitrogens with one attached hydrogen (secondary N) is 2. The molecule has 2 aromatic heterocycles. The van der Waals surface area contributed by atoms with Crippen LogP contribution in [-0.2, 0) is 0 Å². The lowest BCUT2D eigenvalue weighted by molar-refractivity contribution is 0.0957. The van der Waals surface area contributed by atoms with Crippen LogP contribution in [0.4, 0.5) is 5.69 Å². The van der Waals surface area contributed by atoms with Gasteiger partial charge in [-0.05, 0) is 48.5 Å². The van der Waals surface area contributed by atoms with Crippen molar-refractivity contribution in [1.82, 2.24) is 20.3 Å². The Balaban J connectivity index is 1.43. The Bertz CT molecular complexity index is 1290. The lowest BCUT2D eigenvalue weighted by atomic mass is 10.1. The second-order valence-electron chi connectivity index (χ2n) is 6.83. The van der Waals surface area contributed by atoms with Crippen LogP contribution in [0.2, 0.25) is 5.02 Å². The zero-order valence-corrected chi connectivity index (χ0v) is 18.2. The number of carbonyl (C=O) groups is 2. The number of hydrogen-bond acceptors (Lipinski definition) is 6. The molecule has 2 heterocycles. The third-order valence-electron chi connectivity index (χ3n) is 4.58. The van der Waals surface area contributed by atoms with Crippen LogP contribution in [0.25, 0.3) is 11.3 Å². The van der Waals surface area contributed by atoms with Crippen molar-refractivity contribution in [2.75, 3.05) is 12.4 Å². The molecule has 8 nitrogen and oxygen atoms in total. The molecule has 0 fully saturated rings. The van der Waals surface area contributed by atoms with Gasteiger partial charge in [0, 0.05) is 35.6 Å². The summed E-state index contributed by atoms with van der Waals surface area (Å²) in [5, 5.41) is 5.93. The molecule has 0 bridgehead atoms. The summed E-state index contributed by atoms with van der Waals surface area (Å²) < 4.78 is 5.77. The summed E-state index contributed by atoms with van der Waals surface area (Å²) in [6.07, 6.45) is 2.84. The lowest BCUT2D eigenvalue weighted by Gasteiger charge is -2.09. The maximum Gasteiger partial charge on any atom is 0.274 e. The van der Waals surface area contributed by atoms with Crippen molar-refractivity contribution in [2.45, 2.75) is 0 Å². The minimum atomic E-state index is -0.370. The average molecular weight is 460 g/mol. The van der Waals surface area contributed by atoms with Crippen LogP contribution in [0, 0.1) is 0 Å². The smallest absolute Gasteiger partial charge is 0.274 e. The Morgan fingerprint density at radius 3 is 2.27 bits per heavy atom. The normalized spacial score (nSPS) is 10.4. The van der Waals surface area contributed by atoms with E-state index in [-0.39, 0.29) is 23.2 Å². The molecule has 164 valence electrons. The highest BCUT2D eigenvalue weighted by molar-refractivity contribution is 6.30. The Labute approximate surface area is 194 Å². The predicted molar refractivity (Wildman–Crippen MR) is 125 cm³/mol. The number of amides is 2. The molecule has 2 amide bonds. The van der Waals surface area contributed by atoms with E-state index in [2.05, 4.69) is 25.6 Å². The number of aromatic nitrogens is 3. The van der Waals surface area contributed by atoms with E-state index in [1.807, 2.05) is 12.1 Å². The first-order valence-electron chi connectivity index (χ1n) is 9.87. The molecule has 33 heavy (non-hydrogen) atoms. The number of halogens is 1. The molecule has 4 rings (SSSR count). The van der Waals surface area contributed by atoms with Gasteiger partial charge in [0.05, 0.1) is 5.69 Å². The molecule has 0 unspecified atom stereocenters. The standard InChI is InChI=1S/C24H18ClN5O3/c1-26-23(31)21-12-19(10-11-27-21)33-18-8-6-17(7-9-18)30-24(32)22-13-20(28-14-29-22)15-2-4-16(25)5-3-15/h2-14H,1H3,(H,26,31)(H,30,32). The molecule has 0 aliphatic carbocycles. The second kappa shape index (κ2) is 9.88. The quantitative estimate of drug-likeness (QED) is 0.436. The van der Waals surface area contributed by atoms with Crippen LogP contribution >= 0.6 is 11.6 Å². The molecule has 0 radical (unpaired) electrons. The van der Waals surface area contributed by atoms with Crippen LogP contribution in [0.3, 0.4) is 0 Å². The first-order valence-corrected chi connectivity index (χ1v) is 10.2. The van der Waals surface area contributed by atoms with Gasteiger partial charge in [0.2, 0.25) is 0 Å². The van der Waals surface area contributed by atoms with Crippen molar-refractivity contribution >= 4 is 29.1 Å². The minimum absolute atomic E-state index is 0.230. The van der Waals surface area contributed by atoms with E-state index in [4.69, 9.17) is 16.3 Å². The Hall–Kier alpha value is -4.30. The van der Waals surface area contributed by atoms with E-state index >= 15 is 0 Å². The number of carbonyl (C=O) groups excluding carboxylic acids is 2. The summed E-state index contributed by atoms with van der Waals surface area (Å²) in [7, 11) is 1.53. The summed E-state index contributed by atoms with van der Waals surface area (Å²) in [5.41, 5.74) is 2.49. The molecule has 0 spiro atoms.